The minimum atomic E-state index is -0.991. The van der Waals surface area contributed by atoms with E-state index in [0.717, 1.165) is 0 Å². The van der Waals surface area contributed by atoms with Crippen LogP contribution in [-0.2, 0) is 14.3 Å². The number of amides is 2. The molecule has 0 aromatic heterocycles. The summed E-state index contributed by atoms with van der Waals surface area (Å²) < 4.78 is 4.98. The maximum absolute atomic E-state index is 11.2. The van der Waals surface area contributed by atoms with E-state index in [4.69, 9.17) is 4.74 Å². The molecule has 0 aliphatic rings. The van der Waals surface area contributed by atoms with E-state index in [1.807, 2.05) is 0 Å². The van der Waals surface area contributed by atoms with Gasteiger partial charge >= 0.3 is 0 Å². The highest BCUT2D eigenvalue weighted by atomic mass is 32.1. The summed E-state index contributed by atoms with van der Waals surface area (Å²) in [6.07, 6.45) is 0. The summed E-state index contributed by atoms with van der Waals surface area (Å²) in [6.45, 7) is 4.52. The molecule has 2 amide bonds. The van der Waals surface area contributed by atoms with E-state index in [0.29, 0.717) is 13.1 Å². The first-order valence-electron chi connectivity index (χ1n) is 4.59. The van der Waals surface area contributed by atoms with Gasteiger partial charge in [-0.3, -0.25) is 9.59 Å². The lowest BCUT2D eigenvalue weighted by Gasteiger charge is -2.16. The van der Waals surface area contributed by atoms with Crippen LogP contribution in [0.15, 0.2) is 0 Å². The molecule has 15 heavy (non-hydrogen) atoms. The van der Waals surface area contributed by atoms with Crippen LogP contribution < -0.4 is 10.6 Å². The number of carbonyl (C=O) groups excluding carboxylic acids is 2. The van der Waals surface area contributed by atoms with Crippen LogP contribution in [0.25, 0.3) is 0 Å². The number of hydrogen-bond donors (Lipinski definition) is 4. The van der Waals surface area contributed by atoms with E-state index in [-0.39, 0.29) is 11.8 Å². The average molecular weight is 252 g/mol. The number of nitrogens with one attached hydrogen (secondary N) is 2. The molecule has 0 aliphatic carbocycles. The van der Waals surface area contributed by atoms with Gasteiger partial charge < -0.3 is 15.4 Å². The summed E-state index contributed by atoms with van der Waals surface area (Å²) in [4.78, 5) is 22.4. The van der Waals surface area contributed by atoms with Crippen LogP contribution in [0.4, 0.5) is 0 Å². The second-order valence-electron chi connectivity index (χ2n) is 2.63. The van der Waals surface area contributed by atoms with E-state index in [1.54, 1.807) is 13.8 Å². The van der Waals surface area contributed by atoms with Crippen LogP contribution in [0.1, 0.15) is 13.8 Å². The number of hydrogen-bond acceptors (Lipinski definition) is 5. The summed E-state index contributed by atoms with van der Waals surface area (Å²) in [5.41, 5.74) is -1.98. The first-order chi connectivity index (χ1) is 7.02. The SMILES string of the molecule is CCNC(=O)C(S)OC(S)C(=O)NCC. The maximum Gasteiger partial charge on any atom is 0.259 e. The highest BCUT2D eigenvalue weighted by Gasteiger charge is 2.21. The number of thiol groups is 2. The fraction of sp³-hybridized carbons (Fsp3) is 0.750. The molecule has 0 rings (SSSR count). The van der Waals surface area contributed by atoms with E-state index in [1.165, 1.54) is 0 Å². The van der Waals surface area contributed by atoms with Gasteiger partial charge in [-0.2, -0.15) is 0 Å². The molecular weight excluding hydrogens is 236 g/mol. The summed E-state index contributed by atoms with van der Waals surface area (Å²) >= 11 is 7.80. The Labute approximate surface area is 100 Å². The molecule has 2 N–H and O–H groups in total. The molecule has 0 bridgehead atoms. The fourth-order valence-electron chi connectivity index (χ4n) is 0.769. The fourth-order valence-corrected chi connectivity index (χ4v) is 1.29. The first-order valence-corrected chi connectivity index (χ1v) is 5.63. The minimum absolute atomic E-state index is 0.385. The zero-order valence-electron chi connectivity index (χ0n) is 8.69. The van der Waals surface area contributed by atoms with E-state index in [2.05, 4.69) is 35.9 Å². The molecule has 0 aromatic carbocycles. The normalized spacial score (nSPS) is 14.1. The van der Waals surface area contributed by atoms with E-state index < -0.39 is 10.9 Å². The molecular formula is C8H16N2O3S2. The lowest BCUT2D eigenvalue weighted by Crippen LogP contribution is -2.39. The van der Waals surface area contributed by atoms with Gasteiger partial charge in [0.2, 0.25) is 0 Å². The Kier molecular flexibility index (Phi) is 7.63. The molecule has 88 valence electrons. The monoisotopic (exact) mass is 252 g/mol. The van der Waals surface area contributed by atoms with Crippen LogP contribution in [0.5, 0.6) is 0 Å². The molecule has 5 nitrogen and oxygen atoms in total. The zero-order chi connectivity index (χ0) is 11.8. The van der Waals surface area contributed by atoms with Crippen LogP contribution in [-0.4, -0.2) is 35.8 Å². The van der Waals surface area contributed by atoms with Gasteiger partial charge in [-0.05, 0) is 13.8 Å². The van der Waals surface area contributed by atoms with Gasteiger partial charge in [0.15, 0.2) is 10.9 Å². The van der Waals surface area contributed by atoms with Crippen molar-refractivity contribution >= 4 is 37.1 Å². The molecule has 0 spiro atoms. The van der Waals surface area contributed by atoms with Gasteiger partial charge in [0, 0.05) is 13.1 Å². The molecule has 0 aromatic rings. The number of rotatable bonds is 6. The minimum Gasteiger partial charge on any atom is -0.353 e. The predicted molar refractivity (Wildman–Crippen MR) is 64.0 cm³/mol. The Balaban J connectivity index is 3.99. The molecule has 2 atom stereocenters. The molecule has 0 saturated carbocycles. The van der Waals surface area contributed by atoms with Gasteiger partial charge in [0.05, 0.1) is 0 Å². The maximum atomic E-state index is 11.2. The Bertz CT molecular complexity index is 204. The molecule has 0 radical (unpaired) electrons. The van der Waals surface area contributed by atoms with Crippen molar-refractivity contribution < 1.29 is 14.3 Å². The van der Waals surface area contributed by atoms with Gasteiger partial charge in [-0.1, -0.05) is 0 Å². The van der Waals surface area contributed by atoms with Crippen molar-refractivity contribution in [3.63, 3.8) is 0 Å². The standard InChI is InChI=1S/C8H16N2O3S2/c1-3-9-5(11)7(14)13-8(15)6(12)10-4-2/h7-8,14-15H,3-4H2,1-2H3,(H,9,11)(H,10,12). The van der Waals surface area contributed by atoms with Gasteiger partial charge in [0.25, 0.3) is 11.8 Å². The van der Waals surface area contributed by atoms with Crippen molar-refractivity contribution in [2.24, 2.45) is 0 Å². The Morgan fingerprint density at radius 2 is 1.40 bits per heavy atom. The molecule has 2 unspecified atom stereocenters. The zero-order valence-corrected chi connectivity index (χ0v) is 10.5. The third-order valence-electron chi connectivity index (χ3n) is 1.41. The van der Waals surface area contributed by atoms with Gasteiger partial charge in [-0.25, -0.2) is 0 Å². The lowest BCUT2D eigenvalue weighted by molar-refractivity contribution is -0.134. The Morgan fingerprint density at radius 1 is 1.07 bits per heavy atom. The van der Waals surface area contributed by atoms with Crippen molar-refractivity contribution in [1.82, 2.24) is 10.6 Å². The van der Waals surface area contributed by atoms with Gasteiger partial charge in [-0.15, -0.1) is 25.3 Å². The van der Waals surface area contributed by atoms with Crippen LogP contribution in [0.3, 0.4) is 0 Å². The summed E-state index contributed by atoms with van der Waals surface area (Å²) in [6, 6.07) is 0. The van der Waals surface area contributed by atoms with Crippen molar-refractivity contribution in [3.8, 4) is 0 Å². The molecule has 7 heteroatoms. The third-order valence-corrected chi connectivity index (χ3v) is 2.12. The summed E-state index contributed by atoms with van der Waals surface area (Å²) in [5.74, 6) is -0.770. The van der Waals surface area contributed by atoms with E-state index >= 15 is 0 Å². The molecule has 0 fully saturated rings. The number of ether oxygens (including phenoxy) is 1. The second-order valence-corrected chi connectivity index (χ2v) is 3.57. The number of likely N-dealkylation sites (N-methyl/N-ethyl adjacent to an activating group) is 2. The third kappa shape index (κ3) is 5.91. The predicted octanol–water partition coefficient (Wildman–Crippen LogP) is -0.213. The topological polar surface area (TPSA) is 67.4 Å². The first kappa shape index (κ1) is 14.6. The summed E-state index contributed by atoms with van der Waals surface area (Å²) in [7, 11) is 0. The van der Waals surface area contributed by atoms with Crippen LogP contribution in [0.2, 0.25) is 0 Å². The highest BCUT2D eigenvalue weighted by Crippen LogP contribution is 2.06. The van der Waals surface area contributed by atoms with Crippen molar-refractivity contribution in [2.75, 3.05) is 13.1 Å². The van der Waals surface area contributed by atoms with Crippen LogP contribution in [0, 0.1) is 0 Å². The summed E-state index contributed by atoms with van der Waals surface area (Å²) in [5, 5.41) is 5.03. The average Bonchev–Trinajstić information content (AvgIpc) is 2.18. The quantitative estimate of drug-likeness (QED) is 0.390. The van der Waals surface area contributed by atoms with Gasteiger partial charge in [0.1, 0.15) is 0 Å². The van der Waals surface area contributed by atoms with Crippen molar-refractivity contribution in [2.45, 2.75) is 24.7 Å². The molecule has 0 heterocycles. The van der Waals surface area contributed by atoms with Crippen molar-refractivity contribution in [1.29, 1.82) is 0 Å². The molecule has 0 saturated heterocycles. The van der Waals surface area contributed by atoms with Crippen LogP contribution >= 0.6 is 25.3 Å². The van der Waals surface area contributed by atoms with Crippen molar-refractivity contribution in [3.05, 3.63) is 0 Å². The Hall–Kier alpha value is -0.400. The lowest BCUT2D eigenvalue weighted by atomic mass is 10.5. The number of carbonyl (C=O) groups is 2. The second kappa shape index (κ2) is 7.84. The highest BCUT2D eigenvalue weighted by molar-refractivity contribution is 7.82. The smallest absolute Gasteiger partial charge is 0.259 e. The Morgan fingerprint density at radius 3 is 1.67 bits per heavy atom. The molecule has 0 aliphatic heterocycles. The van der Waals surface area contributed by atoms with E-state index in [9.17, 15) is 9.59 Å². The largest absolute Gasteiger partial charge is 0.353 e.